The molecule has 2 rings (SSSR count). The van der Waals surface area contributed by atoms with Gasteiger partial charge in [0.1, 0.15) is 0 Å². The average molecular weight is 305 g/mol. The number of aliphatic hydroxyl groups is 1. The van der Waals surface area contributed by atoms with Gasteiger partial charge in [-0.1, -0.05) is 17.7 Å². The molecule has 120 valence electrons. The third kappa shape index (κ3) is 4.37. The highest BCUT2D eigenvalue weighted by atomic mass is 16.5. The highest BCUT2D eigenvalue weighted by Gasteiger charge is 2.24. The second kappa shape index (κ2) is 7.49. The molecule has 2 N–H and O–H groups in total. The minimum absolute atomic E-state index is 0.0885. The zero-order valence-electron chi connectivity index (χ0n) is 13.3. The third-order valence-electron chi connectivity index (χ3n) is 3.52. The van der Waals surface area contributed by atoms with Gasteiger partial charge >= 0.3 is 0 Å². The van der Waals surface area contributed by atoms with Crippen molar-refractivity contribution in [3.63, 3.8) is 0 Å². The van der Waals surface area contributed by atoms with E-state index in [9.17, 15) is 0 Å². The summed E-state index contributed by atoms with van der Waals surface area (Å²) in [5.74, 6) is 1.02. The lowest BCUT2D eigenvalue weighted by Gasteiger charge is -2.28. The molecule has 0 saturated heterocycles. The molecule has 2 aromatic rings. The smallest absolute Gasteiger partial charge is 0.247 e. The zero-order valence-corrected chi connectivity index (χ0v) is 13.3. The first-order valence-electron chi connectivity index (χ1n) is 7.30. The fourth-order valence-electron chi connectivity index (χ4n) is 2.29. The zero-order chi connectivity index (χ0) is 16.0. The second-order valence-electron chi connectivity index (χ2n) is 5.69. The van der Waals surface area contributed by atoms with E-state index in [-0.39, 0.29) is 12.1 Å². The minimum atomic E-state index is -0.332. The lowest BCUT2D eigenvalue weighted by Crippen LogP contribution is -2.46. The van der Waals surface area contributed by atoms with Crippen molar-refractivity contribution in [2.24, 2.45) is 0 Å². The van der Waals surface area contributed by atoms with Crippen LogP contribution in [0.25, 0.3) is 11.5 Å². The summed E-state index contributed by atoms with van der Waals surface area (Å²) in [5.41, 5.74) is 1.72. The van der Waals surface area contributed by atoms with Crippen LogP contribution in [0.5, 0.6) is 0 Å². The van der Waals surface area contributed by atoms with E-state index in [2.05, 4.69) is 15.5 Å². The highest BCUT2D eigenvalue weighted by Crippen LogP contribution is 2.19. The Labute approximate surface area is 130 Å². The van der Waals surface area contributed by atoms with Gasteiger partial charge < -0.3 is 19.6 Å². The van der Waals surface area contributed by atoms with Crippen molar-refractivity contribution in [2.75, 3.05) is 20.3 Å². The molecule has 0 spiro atoms. The van der Waals surface area contributed by atoms with Gasteiger partial charge in [0.2, 0.25) is 11.8 Å². The summed E-state index contributed by atoms with van der Waals surface area (Å²) < 4.78 is 10.9. The van der Waals surface area contributed by atoms with Crippen LogP contribution in [0.4, 0.5) is 0 Å². The van der Waals surface area contributed by atoms with Gasteiger partial charge in [0.05, 0.1) is 13.2 Å². The molecule has 1 unspecified atom stereocenters. The Kier molecular flexibility index (Phi) is 5.65. The predicted molar refractivity (Wildman–Crippen MR) is 83.3 cm³/mol. The van der Waals surface area contributed by atoms with Crippen LogP contribution in [0, 0.1) is 6.92 Å². The third-order valence-corrected chi connectivity index (χ3v) is 3.52. The van der Waals surface area contributed by atoms with Crippen LogP contribution in [-0.4, -0.2) is 41.2 Å². The summed E-state index contributed by atoms with van der Waals surface area (Å²) in [7, 11) is 1.64. The maximum absolute atomic E-state index is 9.16. The highest BCUT2D eigenvalue weighted by molar-refractivity contribution is 5.53. The molecule has 0 aliphatic heterocycles. The fraction of sp³-hybridized carbons (Fsp3) is 0.500. The molecular formula is C16H23N3O3. The number of nitrogens with zero attached hydrogens (tertiary/aromatic N) is 2. The van der Waals surface area contributed by atoms with Crippen LogP contribution in [0.1, 0.15) is 24.8 Å². The number of hydrogen-bond acceptors (Lipinski definition) is 6. The summed E-state index contributed by atoms with van der Waals surface area (Å²) in [6.45, 7) is 5.02. The molecule has 0 saturated carbocycles. The van der Waals surface area contributed by atoms with Crippen molar-refractivity contribution in [3.05, 3.63) is 35.7 Å². The first kappa shape index (κ1) is 16.6. The van der Waals surface area contributed by atoms with Gasteiger partial charge in [-0.3, -0.25) is 0 Å². The van der Waals surface area contributed by atoms with Crippen molar-refractivity contribution < 1.29 is 14.3 Å². The van der Waals surface area contributed by atoms with E-state index in [1.165, 1.54) is 0 Å². The van der Waals surface area contributed by atoms with Crippen LogP contribution in [0.3, 0.4) is 0 Å². The van der Waals surface area contributed by atoms with E-state index in [1.54, 1.807) is 7.11 Å². The number of aryl methyl sites for hydroxylation is 1. The van der Waals surface area contributed by atoms with E-state index in [0.29, 0.717) is 31.4 Å². The van der Waals surface area contributed by atoms with Crippen LogP contribution >= 0.6 is 0 Å². The molecule has 0 bridgehead atoms. The lowest BCUT2D eigenvalue weighted by molar-refractivity contribution is 0.0953. The van der Waals surface area contributed by atoms with Crippen molar-refractivity contribution in [3.8, 4) is 11.5 Å². The maximum atomic E-state index is 9.16. The van der Waals surface area contributed by atoms with Crippen LogP contribution in [0.15, 0.2) is 28.7 Å². The van der Waals surface area contributed by atoms with E-state index < -0.39 is 0 Å². The molecule has 0 fully saturated rings. The van der Waals surface area contributed by atoms with Gasteiger partial charge in [0.25, 0.3) is 0 Å². The van der Waals surface area contributed by atoms with Crippen LogP contribution < -0.4 is 5.32 Å². The quantitative estimate of drug-likeness (QED) is 0.775. The Morgan fingerprint density at radius 1 is 1.36 bits per heavy atom. The number of benzene rings is 1. The molecule has 0 aliphatic rings. The Morgan fingerprint density at radius 2 is 2.18 bits per heavy atom. The standard InChI is InChI=1S/C16H23N3O3/c1-12-5-4-6-13(9-12)15-19-18-14(22-15)10-17-16(2,7-8-20)11-21-3/h4-6,9,17,20H,7-8,10-11H2,1-3H3. The van der Waals surface area contributed by atoms with E-state index in [1.807, 2.05) is 38.1 Å². The number of aliphatic hydroxyl groups excluding tert-OH is 1. The normalized spacial score (nSPS) is 14.0. The monoisotopic (exact) mass is 305 g/mol. The van der Waals surface area contributed by atoms with E-state index in [4.69, 9.17) is 14.3 Å². The molecule has 1 atom stereocenters. The molecule has 0 amide bonds. The SMILES string of the molecule is COCC(C)(CCO)NCc1nnc(-c2cccc(C)c2)o1. The Hall–Kier alpha value is -1.76. The number of hydrogen-bond donors (Lipinski definition) is 2. The summed E-state index contributed by atoms with van der Waals surface area (Å²) in [6.07, 6.45) is 0.583. The largest absolute Gasteiger partial charge is 0.419 e. The first-order chi connectivity index (χ1) is 10.6. The number of nitrogens with one attached hydrogen (secondary N) is 1. The number of aromatic nitrogens is 2. The number of methoxy groups -OCH3 is 1. The van der Waals surface area contributed by atoms with Crippen molar-refractivity contribution in [1.82, 2.24) is 15.5 Å². The topological polar surface area (TPSA) is 80.4 Å². The first-order valence-corrected chi connectivity index (χ1v) is 7.30. The Morgan fingerprint density at radius 3 is 2.86 bits per heavy atom. The molecule has 6 nitrogen and oxygen atoms in total. The summed E-state index contributed by atoms with van der Waals surface area (Å²) in [4.78, 5) is 0. The van der Waals surface area contributed by atoms with Gasteiger partial charge in [0, 0.05) is 24.8 Å². The van der Waals surface area contributed by atoms with Crippen molar-refractivity contribution >= 4 is 0 Å². The number of ether oxygens (including phenoxy) is 1. The van der Waals surface area contributed by atoms with Gasteiger partial charge in [-0.25, -0.2) is 0 Å². The molecular weight excluding hydrogens is 282 g/mol. The van der Waals surface area contributed by atoms with Gasteiger partial charge in [-0.15, -0.1) is 10.2 Å². The molecule has 1 heterocycles. The lowest BCUT2D eigenvalue weighted by atomic mass is 9.99. The predicted octanol–water partition coefficient (Wildman–Crippen LogP) is 1.92. The summed E-state index contributed by atoms with van der Waals surface area (Å²) in [5, 5.41) is 20.6. The van der Waals surface area contributed by atoms with Crippen molar-refractivity contribution in [1.29, 1.82) is 0 Å². The average Bonchev–Trinajstić information content (AvgIpc) is 2.95. The molecule has 22 heavy (non-hydrogen) atoms. The fourth-order valence-corrected chi connectivity index (χ4v) is 2.29. The van der Waals surface area contributed by atoms with Gasteiger partial charge in [-0.05, 0) is 32.4 Å². The number of rotatable bonds is 8. The minimum Gasteiger partial charge on any atom is -0.419 e. The van der Waals surface area contributed by atoms with Crippen LogP contribution in [0.2, 0.25) is 0 Å². The van der Waals surface area contributed by atoms with Crippen LogP contribution in [-0.2, 0) is 11.3 Å². The molecule has 1 aromatic heterocycles. The van der Waals surface area contributed by atoms with Gasteiger partial charge in [0.15, 0.2) is 0 Å². The summed E-state index contributed by atoms with van der Waals surface area (Å²) in [6, 6.07) is 7.93. The van der Waals surface area contributed by atoms with E-state index in [0.717, 1.165) is 11.1 Å². The second-order valence-corrected chi connectivity index (χ2v) is 5.69. The molecule has 1 aromatic carbocycles. The Bertz CT molecular complexity index is 592. The van der Waals surface area contributed by atoms with E-state index >= 15 is 0 Å². The molecule has 0 aliphatic carbocycles. The molecule has 6 heteroatoms. The Balaban J connectivity index is 2.03. The van der Waals surface area contributed by atoms with Gasteiger partial charge in [-0.2, -0.15) is 0 Å². The summed E-state index contributed by atoms with van der Waals surface area (Å²) >= 11 is 0. The molecule has 0 radical (unpaired) electrons. The maximum Gasteiger partial charge on any atom is 0.247 e. The van der Waals surface area contributed by atoms with Crippen molar-refractivity contribution in [2.45, 2.75) is 32.4 Å².